The number of nitrogens with two attached hydrogens (primary N) is 1. The Morgan fingerprint density at radius 2 is 2.27 bits per heavy atom. The van der Waals surface area contributed by atoms with Gasteiger partial charge in [-0.2, -0.15) is 0 Å². The van der Waals surface area contributed by atoms with Crippen LogP contribution in [0.2, 0.25) is 0 Å². The van der Waals surface area contributed by atoms with Crippen LogP contribution in [0.3, 0.4) is 0 Å². The van der Waals surface area contributed by atoms with E-state index in [2.05, 4.69) is 28.8 Å². The van der Waals surface area contributed by atoms with Gasteiger partial charge in [0.05, 0.1) is 12.6 Å². The van der Waals surface area contributed by atoms with E-state index < -0.39 is 6.10 Å². The molecule has 86 valence electrons. The van der Waals surface area contributed by atoms with E-state index in [1.807, 2.05) is 7.05 Å². The van der Waals surface area contributed by atoms with E-state index in [9.17, 15) is 5.11 Å². The SMILES string of the molecule is CC(C)N(C)CC(O)Cn1cnc(N)n1. The zero-order valence-electron chi connectivity index (χ0n) is 9.46. The molecule has 0 amide bonds. The molecule has 1 rings (SSSR count). The van der Waals surface area contributed by atoms with Gasteiger partial charge in [-0.3, -0.25) is 0 Å². The topological polar surface area (TPSA) is 80.2 Å². The van der Waals surface area contributed by atoms with Gasteiger partial charge in [0.2, 0.25) is 5.95 Å². The summed E-state index contributed by atoms with van der Waals surface area (Å²) in [5.74, 6) is 0.236. The van der Waals surface area contributed by atoms with E-state index in [0.29, 0.717) is 19.1 Å². The lowest BCUT2D eigenvalue weighted by atomic mass is 10.3. The zero-order chi connectivity index (χ0) is 11.4. The predicted molar refractivity (Wildman–Crippen MR) is 58.2 cm³/mol. The molecular formula is C9H19N5O. The number of rotatable bonds is 5. The predicted octanol–water partition coefficient (Wildman–Crippen LogP) is -0.439. The largest absolute Gasteiger partial charge is 0.390 e. The molecule has 0 spiro atoms. The maximum Gasteiger partial charge on any atom is 0.239 e. The third kappa shape index (κ3) is 3.85. The Labute approximate surface area is 89.7 Å². The fourth-order valence-corrected chi connectivity index (χ4v) is 1.21. The van der Waals surface area contributed by atoms with Crippen LogP contribution in [0, 0.1) is 0 Å². The number of anilines is 1. The van der Waals surface area contributed by atoms with Crippen LogP contribution in [-0.4, -0.2) is 50.5 Å². The molecule has 1 aromatic heterocycles. The zero-order valence-corrected chi connectivity index (χ0v) is 9.46. The molecule has 15 heavy (non-hydrogen) atoms. The molecule has 1 unspecified atom stereocenters. The molecule has 0 aliphatic rings. The van der Waals surface area contributed by atoms with E-state index in [0.717, 1.165) is 0 Å². The van der Waals surface area contributed by atoms with E-state index in [4.69, 9.17) is 5.73 Å². The fourth-order valence-electron chi connectivity index (χ4n) is 1.21. The van der Waals surface area contributed by atoms with Crippen LogP contribution in [0.15, 0.2) is 6.33 Å². The van der Waals surface area contributed by atoms with Crippen LogP contribution in [0.5, 0.6) is 0 Å². The smallest absolute Gasteiger partial charge is 0.239 e. The van der Waals surface area contributed by atoms with Crippen molar-refractivity contribution in [3.05, 3.63) is 6.33 Å². The Kier molecular flexibility index (Phi) is 4.05. The number of likely N-dealkylation sites (N-methyl/N-ethyl adjacent to an activating group) is 1. The monoisotopic (exact) mass is 213 g/mol. The highest BCUT2D eigenvalue weighted by Crippen LogP contribution is 1.99. The summed E-state index contributed by atoms with van der Waals surface area (Å²) in [4.78, 5) is 5.86. The molecule has 0 aliphatic carbocycles. The molecule has 1 heterocycles. The third-order valence-corrected chi connectivity index (χ3v) is 2.33. The van der Waals surface area contributed by atoms with Gasteiger partial charge < -0.3 is 15.7 Å². The summed E-state index contributed by atoms with van der Waals surface area (Å²) in [5.41, 5.74) is 5.37. The lowest BCUT2D eigenvalue weighted by molar-refractivity contribution is 0.0943. The van der Waals surface area contributed by atoms with Gasteiger partial charge in [-0.05, 0) is 20.9 Å². The van der Waals surface area contributed by atoms with Gasteiger partial charge in [-0.25, -0.2) is 9.67 Å². The number of aliphatic hydroxyl groups is 1. The highest BCUT2D eigenvalue weighted by molar-refractivity contribution is 5.09. The quantitative estimate of drug-likeness (QED) is 0.693. The second-order valence-electron chi connectivity index (χ2n) is 4.01. The van der Waals surface area contributed by atoms with Crippen molar-refractivity contribution in [2.75, 3.05) is 19.3 Å². The first-order valence-electron chi connectivity index (χ1n) is 5.02. The summed E-state index contributed by atoms with van der Waals surface area (Å²) >= 11 is 0. The number of nitrogens with zero attached hydrogens (tertiary/aromatic N) is 4. The van der Waals surface area contributed by atoms with Gasteiger partial charge in [0, 0.05) is 12.6 Å². The van der Waals surface area contributed by atoms with Gasteiger partial charge in [0.25, 0.3) is 0 Å². The molecule has 0 bridgehead atoms. The summed E-state index contributed by atoms with van der Waals surface area (Å²) in [5, 5.41) is 13.7. The third-order valence-electron chi connectivity index (χ3n) is 2.33. The molecular weight excluding hydrogens is 194 g/mol. The summed E-state index contributed by atoms with van der Waals surface area (Å²) in [6.45, 7) is 5.19. The average Bonchev–Trinajstić information content (AvgIpc) is 2.50. The van der Waals surface area contributed by atoms with E-state index in [-0.39, 0.29) is 5.95 Å². The van der Waals surface area contributed by atoms with Crippen LogP contribution < -0.4 is 5.73 Å². The first-order chi connectivity index (χ1) is 6.99. The van der Waals surface area contributed by atoms with Gasteiger partial charge in [-0.15, -0.1) is 5.10 Å². The molecule has 0 saturated carbocycles. The van der Waals surface area contributed by atoms with Crippen molar-refractivity contribution in [1.29, 1.82) is 0 Å². The summed E-state index contributed by atoms with van der Waals surface area (Å²) < 4.78 is 1.55. The number of hydrogen-bond donors (Lipinski definition) is 2. The van der Waals surface area contributed by atoms with E-state index >= 15 is 0 Å². The van der Waals surface area contributed by atoms with Gasteiger partial charge in [0.15, 0.2) is 0 Å². The lowest BCUT2D eigenvalue weighted by Gasteiger charge is -2.23. The minimum atomic E-state index is -0.460. The molecule has 3 N–H and O–H groups in total. The second-order valence-corrected chi connectivity index (χ2v) is 4.01. The number of hydrogen-bond acceptors (Lipinski definition) is 5. The second kappa shape index (κ2) is 5.09. The van der Waals surface area contributed by atoms with Crippen molar-refractivity contribution in [2.45, 2.75) is 32.5 Å². The highest BCUT2D eigenvalue weighted by Gasteiger charge is 2.11. The Balaban J connectivity index is 2.39. The van der Waals surface area contributed by atoms with Crippen molar-refractivity contribution in [2.24, 2.45) is 0 Å². The minimum absolute atomic E-state index is 0.236. The van der Waals surface area contributed by atoms with Crippen LogP contribution >= 0.6 is 0 Å². The Bertz CT molecular complexity index is 298. The summed E-state index contributed by atoms with van der Waals surface area (Å²) in [6, 6.07) is 0.417. The van der Waals surface area contributed by atoms with E-state index in [1.54, 1.807) is 4.68 Å². The molecule has 1 atom stereocenters. The highest BCUT2D eigenvalue weighted by atomic mass is 16.3. The van der Waals surface area contributed by atoms with Crippen molar-refractivity contribution < 1.29 is 5.11 Å². The Hall–Kier alpha value is -1.14. The minimum Gasteiger partial charge on any atom is -0.390 e. The van der Waals surface area contributed by atoms with E-state index in [1.165, 1.54) is 6.33 Å². The fraction of sp³-hybridized carbons (Fsp3) is 0.778. The maximum absolute atomic E-state index is 9.76. The lowest BCUT2D eigenvalue weighted by Crippen LogP contribution is -2.36. The van der Waals surface area contributed by atoms with Crippen molar-refractivity contribution in [1.82, 2.24) is 19.7 Å². The molecule has 1 aromatic rings. The maximum atomic E-state index is 9.76. The molecule has 6 heteroatoms. The standard InChI is InChI=1S/C9H19N5O/c1-7(2)13(3)4-8(15)5-14-6-11-9(10)12-14/h6-8,15H,4-5H2,1-3H3,(H2,10,12). The van der Waals surface area contributed by atoms with Crippen molar-refractivity contribution in [3.8, 4) is 0 Å². The molecule has 6 nitrogen and oxygen atoms in total. The molecule has 0 fully saturated rings. The first-order valence-corrected chi connectivity index (χ1v) is 5.02. The molecule has 0 aliphatic heterocycles. The Morgan fingerprint density at radius 1 is 1.60 bits per heavy atom. The first kappa shape index (κ1) is 11.9. The summed E-state index contributed by atoms with van der Waals surface area (Å²) in [6.07, 6.45) is 1.06. The van der Waals surface area contributed by atoms with Crippen LogP contribution in [0.25, 0.3) is 0 Å². The number of nitrogen functional groups attached to an aromatic ring is 1. The van der Waals surface area contributed by atoms with Crippen molar-refractivity contribution in [3.63, 3.8) is 0 Å². The van der Waals surface area contributed by atoms with Gasteiger partial charge in [-0.1, -0.05) is 0 Å². The molecule has 0 aromatic carbocycles. The average molecular weight is 213 g/mol. The van der Waals surface area contributed by atoms with Crippen LogP contribution in [-0.2, 0) is 6.54 Å². The van der Waals surface area contributed by atoms with Gasteiger partial charge in [0.1, 0.15) is 6.33 Å². The number of aromatic nitrogens is 3. The van der Waals surface area contributed by atoms with Crippen LogP contribution in [0.1, 0.15) is 13.8 Å². The molecule has 0 saturated heterocycles. The Morgan fingerprint density at radius 3 is 2.73 bits per heavy atom. The van der Waals surface area contributed by atoms with Crippen molar-refractivity contribution >= 4 is 5.95 Å². The normalized spacial score (nSPS) is 13.7. The number of aliphatic hydroxyl groups excluding tert-OH is 1. The van der Waals surface area contributed by atoms with Crippen LogP contribution in [0.4, 0.5) is 5.95 Å². The molecule has 0 radical (unpaired) electrons. The van der Waals surface area contributed by atoms with Gasteiger partial charge >= 0.3 is 0 Å². The summed E-state index contributed by atoms with van der Waals surface area (Å²) in [7, 11) is 1.98.